The van der Waals surface area contributed by atoms with Crippen molar-refractivity contribution in [1.82, 2.24) is 21.0 Å². The lowest BCUT2D eigenvalue weighted by molar-refractivity contribution is -0.00395. The monoisotopic (exact) mass is 304 g/mol. The van der Waals surface area contributed by atoms with Crippen molar-refractivity contribution in [3.63, 3.8) is 0 Å². The number of benzene rings is 1. The fourth-order valence-electron chi connectivity index (χ4n) is 2.44. The maximum atomic E-state index is 5.59. The van der Waals surface area contributed by atoms with Gasteiger partial charge in [-0.05, 0) is 25.3 Å². The Hall–Kier alpha value is -1.34. The van der Waals surface area contributed by atoms with E-state index in [0.717, 1.165) is 29.4 Å². The largest absolute Gasteiger partial charge is 0.306 e. The minimum atomic E-state index is 0.336. The van der Waals surface area contributed by atoms with Crippen LogP contribution in [-0.4, -0.2) is 22.8 Å². The Morgan fingerprint density at radius 1 is 1.29 bits per heavy atom. The lowest BCUT2D eigenvalue weighted by Crippen LogP contribution is -2.44. The van der Waals surface area contributed by atoms with E-state index in [4.69, 9.17) is 4.84 Å². The molecule has 1 aromatic heterocycles. The van der Waals surface area contributed by atoms with E-state index in [0.29, 0.717) is 18.7 Å². The zero-order chi connectivity index (χ0) is 14.5. The molecule has 3 rings (SSSR count). The molecule has 0 saturated carbocycles. The summed E-state index contributed by atoms with van der Waals surface area (Å²) in [5.41, 5.74) is 4.33. The van der Waals surface area contributed by atoms with Crippen LogP contribution >= 0.6 is 11.3 Å². The molecule has 1 fully saturated rings. The van der Waals surface area contributed by atoms with E-state index in [1.165, 1.54) is 5.56 Å². The lowest BCUT2D eigenvalue weighted by Gasteiger charge is -2.28. The first-order chi connectivity index (χ1) is 10.3. The van der Waals surface area contributed by atoms with Gasteiger partial charge < -0.3 is 5.32 Å². The van der Waals surface area contributed by atoms with Gasteiger partial charge in [-0.3, -0.25) is 4.84 Å². The van der Waals surface area contributed by atoms with Crippen LogP contribution in [0.1, 0.15) is 34.5 Å². The average Bonchev–Trinajstić information content (AvgIpc) is 2.96. The van der Waals surface area contributed by atoms with Gasteiger partial charge in [-0.2, -0.15) is 5.48 Å². The van der Waals surface area contributed by atoms with E-state index in [-0.39, 0.29) is 0 Å². The van der Waals surface area contributed by atoms with E-state index < -0.39 is 0 Å². The second kappa shape index (κ2) is 7.09. The number of hydroxylamine groups is 1. The molecule has 1 aromatic carbocycles. The summed E-state index contributed by atoms with van der Waals surface area (Å²) in [5.74, 6) is 0. The summed E-state index contributed by atoms with van der Waals surface area (Å²) < 4.78 is 0. The highest BCUT2D eigenvalue weighted by Gasteiger charge is 2.24. The SMILES string of the molecule is Cc1nnc([C@H]2CC[C@H](NOCc3ccccc3)CN2)s1. The van der Waals surface area contributed by atoms with Gasteiger partial charge >= 0.3 is 0 Å². The van der Waals surface area contributed by atoms with Crippen LogP contribution in [0.15, 0.2) is 30.3 Å². The molecule has 1 saturated heterocycles. The summed E-state index contributed by atoms with van der Waals surface area (Å²) in [6.07, 6.45) is 2.13. The maximum absolute atomic E-state index is 5.59. The minimum absolute atomic E-state index is 0.336. The van der Waals surface area contributed by atoms with Crippen LogP contribution in [0.2, 0.25) is 0 Å². The molecule has 6 heteroatoms. The Balaban J connectivity index is 1.40. The number of aryl methyl sites for hydroxylation is 1. The Labute approximate surface area is 128 Å². The summed E-state index contributed by atoms with van der Waals surface area (Å²) in [5, 5.41) is 13.9. The van der Waals surface area contributed by atoms with E-state index >= 15 is 0 Å². The van der Waals surface area contributed by atoms with Crippen molar-refractivity contribution in [2.45, 2.75) is 38.5 Å². The van der Waals surface area contributed by atoms with Crippen LogP contribution in [-0.2, 0) is 11.4 Å². The molecule has 112 valence electrons. The summed E-state index contributed by atoms with van der Waals surface area (Å²) in [6, 6.07) is 10.9. The summed E-state index contributed by atoms with van der Waals surface area (Å²) in [6.45, 7) is 3.47. The predicted octanol–water partition coefficient (Wildman–Crippen LogP) is 2.36. The third-order valence-corrected chi connectivity index (χ3v) is 4.54. The van der Waals surface area contributed by atoms with Crippen molar-refractivity contribution in [3.05, 3.63) is 45.9 Å². The molecule has 2 N–H and O–H groups in total. The number of hydrogen-bond acceptors (Lipinski definition) is 6. The average molecular weight is 304 g/mol. The van der Waals surface area contributed by atoms with Crippen LogP contribution in [0.5, 0.6) is 0 Å². The molecular formula is C15H20N4OS. The number of rotatable bonds is 5. The summed E-state index contributed by atoms with van der Waals surface area (Å²) in [4.78, 5) is 5.59. The predicted molar refractivity (Wildman–Crippen MR) is 82.8 cm³/mol. The third-order valence-electron chi connectivity index (χ3n) is 3.59. The van der Waals surface area contributed by atoms with Gasteiger partial charge in [-0.25, -0.2) is 0 Å². The van der Waals surface area contributed by atoms with E-state index in [2.05, 4.69) is 33.1 Å². The van der Waals surface area contributed by atoms with Crippen molar-refractivity contribution in [2.75, 3.05) is 6.54 Å². The standard InChI is InChI=1S/C15H20N4OS/c1-11-17-18-15(21-11)14-8-7-13(9-16-14)19-20-10-12-5-3-2-4-6-12/h2-6,13-14,16,19H,7-10H2,1H3/t13-,14+/m0/s1. The van der Waals surface area contributed by atoms with E-state index in [9.17, 15) is 0 Å². The number of nitrogens with zero attached hydrogens (tertiary/aromatic N) is 2. The number of piperidine rings is 1. The molecule has 21 heavy (non-hydrogen) atoms. The zero-order valence-electron chi connectivity index (χ0n) is 12.1. The fraction of sp³-hybridized carbons (Fsp3) is 0.467. The molecule has 1 aliphatic rings. The topological polar surface area (TPSA) is 59.1 Å². The van der Waals surface area contributed by atoms with Gasteiger partial charge in [0.25, 0.3) is 0 Å². The van der Waals surface area contributed by atoms with E-state index in [1.54, 1.807) is 11.3 Å². The van der Waals surface area contributed by atoms with Crippen molar-refractivity contribution >= 4 is 11.3 Å². The first-order valence-electron chi connectivity index (χ1n) is 7.26. The van der Waals surface area contributed by atoms with Crippen molar-refractivity contribution in [2.24, 2.45) is 0 Å². The van der Waals surface area contributed by atoms with Gasteiger partial charge in [0.2, 0.25) is 0 Å². The number of hydrogen-bond donors (Lipinski definition) is 2. The van der Waals surface area contributed by atoms with Crippen molar-refractivity contribution in [1.29, 1.82) is 0 Å². The second-order valence-electron chi connectivity index (χ2n) is 5.29. The van der Waals surface area contributed by atoms with Gasteiger partial charge in [0.05, 0.1) is 12.6 Å². The smallest absolute Gasteiger partial charge is 0.134 e. The molecule has 2 aromatic rings. The molecule has 2 atom stereocenters. The third kappa shape index (κ3) is 4.07. The summed E-state index contributed by atoms with van der Waals surface area (Å²) in [7, 11) is 0. The second-order valence-corrected chi connectivity index (χ2v) is 6.50. The molecule has 0 spiro atoms. The van der Waals surface area contributed by atoms with Crippen molar-refractivity contribution in [3.8, 4) is 0 Å². The Morgan fingerprint density at radius 2 is 2.14 bits per heavy atom. The molecule has 0 unspecified atom stereocenters. The van der Waals surface area contributed by atoms with Gasteiger partial charge in [0, 0.05) is 12.6 Å². The van der Waals surface area contributed by atoms with Gasteiger partial charge in [-0.1, -0.05) is 30.3 Å². The Kier molecular flexibility index (Phi) is 4.92. The van der Waals surface area contributed by atoms with Gasteiger partial charge in [0.15, 0.2) is 0 Å². The molecular weight excluding hydrogens is 284 g/mol. The van der Waals surface area contributed by atoms with E-state index in [1.807, 2.05) is 25.1 Å². The molecule has 0 bridgehead atoms. The normalized spacial score (nSPS) is 22.3. The molecule has 5 nitrogen and oxygen atoms in total. The molecule has 2 heterocycles. The zero-order valence-corrected chi connectivity index (χ0v) is 12.9. The fourth-order valence-corrected chi connectivity index (χ4v) is 3.25. The number of nitrogens with one attached hydrogen (secondary N) is 2. The number of aromatic nitrogens is 2. The van der Waals surface area contributed by atoms with Crippen LogP contribution in [0.25, 0.3) is 0 Å². The van der Waals surface area contributed by atoms with Crippen molar-refractivity contribution < 1.29 is 4.84 Å². The van der Waals surface area contributed by atoms with Crippen LogP contribution < -0.4 is 10.8 Å². The molecule has 0 aliphatic carbocycles. The highest BCUT2D eigenvalue weighted by atomic mass is 32.1. The van der Waals surface area contributed by atoms with Gasteiger partial charge in [0.1, 0.15) is 10.0 Å². The maximum Gasteiger partial charge on any atom is 0.134 e. The first kappa shape index (κ1) is 14.6. The molecule has 1 aliphatic heterocycles. The molecule has 0 radical (unpaired) electrons. The summed E-state index contributed by atoms with van der Waals surface area (Å²) >= 11 is 1.67. The highest BCUT2D eigenvalue weighted by Crippen LogP contribution is 2.25. The minimum Gasteiger partial charge on any atom is -0.306 e. The Bertz CT molecular complexity index is 552. The lowest BCUT2D eigenvalue weighted by atomic mass is 10.0. The quantitative estimate of drug-likeness (QED) is 0.831. The molecule has 0 amide bonds. The Morgan fingerprint density at radius 3 is 2.81 bits per heavy atom. The first-order valence-corrected chi connectivity index (χ1v) is 8.07. The van der Waals surface area contributed by atoms with Crippen LogP contribution in [0.4, 0.5) is 0 Å². The highest BCUT2D eigenvalue weighted by molar-refractivity contribution is 7.11. The van der Waals surface area contributed by atoms with Crippen LogP contribution in [0, 0.1) is 6.92 Å². The van der Waals surface area contributed by atoms with Gasteiger partial charge in [-0.15, -0.1) is 21.5 Å². The van der Waals surface area contributed by atoms with Crippen LogP contribution in [0.3, 0.4) is 0 Å².